The van der Waals surface area contributed by atoms with Crippen molar-refractivity contribution in [3.8, 4) is 5.88 Å². The number of carbonyl (C=O) groups excluding carboxylic acids is 1. The molecule has 1 amide bonds. The van der Waals surface area contributed by atoms with Crippen LogP contribution in [0.1, 0.15) is 35.8 Å². The summed E-state index contributed by atoms with van der Waals surface area (Å²) in [5.41, 5.74) is 1.58. The van der Waals surface area contributed by atoms with Gasteiger partial charge in [-0.2, -0.15) is 4.98 Å². The number of carbonyl (C=O) groups is 1. The van der Waals surface area contributed by atoms with E-state index in [0.717, 1.165) is 32.5 Å². The third-order valence-corrected chi connectivity index (χ3v) is 5.66. The lowest BCUT2D eigenvalue weighted by Crippen LogP contribution is -2.53. The number of pyridine rings is 1. The summed E-state index contributed by atoms with van der Waals surface area (Å²) < 4.78 is 21.5. The summed E-state index contributed by atoms with van der Waals surface area (Å²) in [7, 11) is 0. The SMILES string of the molecule is CCOc1nc(N2CCNC3(CC3)C2)ncc1C(=O)Nc1cc(F)c2nc(C)cn2c1. The largest absolute Gasteiger partial charge is 0.477 e. The van der Waals surface area contributed by atoms with Gasteiger partial charge in [0, 0.05) is 49.8 Å². The third kappa shape index (κ3) is 3.78. The summed E-state index contributed by atoms with van der Waals surface area (Å²) in [5.74, 6) is -0.220. The monoisotopic (exact) mass is 425 g/mol. The van der Waals surface area contributed by atoms with Gasteiger partial charge in [-0.1, -0.05) is 0 Å². The number of aromatic nitrogens is 4. The highest BCUT2D eigenvalue weighted by atomic mass is 19.1. The Labute approximate surface area is 178 Å². The number of aryl methyl sites for hydroxylation is 1. The van der Waals surface area contributed by atoms with Gasteiger partial charge in [0.25, 0.3) is 5.91 Å². The minimum absolute atomic E-state index is 0.178. The molecule has 1 spiro atoms. The van der Waals surface area contributed by atoms with Gasteiger partial charge in [0.15, 0.2) is 11.5 Å². The molecule has 5 rings (SSSR count). The molecule has 0 aromatic carbocycles. The van der Waals surface area contributed by atoms with Gasteiger partial charge in [-0.3, -0.25) is 4.79 Å². The molecule has 2 N–H and O–H groups in total. The Kier molecular flexibility index (Phi) is 4.73. The van der Waals surface area contributed by atoms with Crippen LogP contribution in [-0.2, 0) is 0 Å². The van der Waals surface area contributed by atoms with Crippen LogP contribution in [0.25, 0.3) is 5.65 Å². The number of imidazole rings is 1. The third-order valence-electron chi connectivity index (χ3n) is 5.66. The molecule has 4 heterocycles. The molecular formula is C21H24FN7O2. The lowest BCUT2D eigenvalue weighted by molar-refractivity contribution is 0.102. The van der Waals surface area contributed by atoms with Gasteiger partial charge in [-0.25, -0.2) is 14.4 Å². The van der Waals surface area contributed by atoms with Crippen LogP contribution >= 0.6 is 0 Å². The van der Waals surface area contributed by atoms with Crippen LogP contribution in [0.5, 0.6) is 5.88 Å². The molecule has 3 aromatic heterocycles. The number of fused-ring (bicyclic) bond motifs is 1. The molecule has 0 atom stereocenters. The maximum absolute atomic E-state index is 14.3. The van der Waals surface area contributed by atoms with Crippen LogP contribution < -0.4 is 20.3 Å². The molecule has 0 bridgehead atoms. The van der Waals surface area contributed by atoms with Crippen LogP contribution in [0.4, 0.5) is 16.0 Å². The number of hydrogen-bond acceptors (Lipinski definition) is 7. The second-order valence-corrected chi connectivity index (χ2v) is 8.09. The number of piperazine rings is 1. The Morgan fingerprint density at radius 3 is 2.97 bits per heavy atom. The molecule has 3 aromatic rings. The second-order valence-electron chi connectivity index (χ2n) is 8.09. The topological polar surface area (TPSA) is 96.7 Å². The van der Waals surface area contributed by atoms with Gasteiger partial charge >= 0.3 is 0 Å². The highest BCUT2D eigenvalue weighted by Crippen LogP contribution is 2.38. The van der Waals surface area contributed by atoms with Crippen molar-refractivity contribution in [2.45, 2.75) is 32.2 Å². The van der Waals surface area contributed by atoms with Gasteiger partial charge < -0.3 is 24.7 Å². The second kappa shape index (κ2) is 7.45. The van der Waals surface area contributed by atoms with E-state index in [9.17, 15) is 9.18 Å². The summed E-state index contributed by atoms with van der Waals surface area (Å²) in [4.78, 5) is 28.1. The van der Waals surface area contributed by atoms with Crippen LogP contribution in [0.3, 0.4) is 0 Å². The average Bonchev–Trinajstić information content (AvgIpc) is 3.36. The number of halogens is 1. The van der Waals surface area contributed by atoms with Gasteiger partial charge in [0.2, 0.25) is 11.8 Å². The summed E-state index contributed by atoms with van der Waals surface area (Å²) in [6, 6.07) is 1.24. The van der Waals surface area contributed by atoms with Crippen LogP contribution in [-0.4, -0.2) is 57.0 Å². The van der Waals surface area contributed by atoms with Crippen molar-refractivity contribution in [1.82, 2.24) is 24.7 Å². The summed E-state index contributed by atoms with van der Waals surface area (Å²) >= 11 is 0. The van der Waals surface area contributed by atoms with Gasteiger partial charge in [-0.05, 0) is 26.7 Å². The molecule has 2 aliphatic rings. The van der Waals surface area contributed by atoms with Crippen molar-refractivity contribution >= 4 is 23.2 Å². The summed E-state index contributed by atoms with van der Waals surface area (Å²) in [6.07, 6.45) is 7.08. The van der Waals surface area contributed by atoms with E-state index in [-0.39, 0.29) is 22.6 Å². The summed E-state index contributed by atoms with van der Waals surface area (Å²) in [5, 5.41) is 6.27. The van der Waals surface area contributed by atoms with Gasteiger partial charge in [0.05, 0.1) is 18.0 Å². The molecule has 9 nitrogen and oxygen atoms in total. The molecule has 1 aliphatic carbocycles. The number of rotatable bonds is 5. The molecule has 1 aliphatic heterocycles. The number of nitrogens with one attached hydrogen (secondary N) is 2. The van der Waals surface area contributed by atoms with E-state index in [4.69, 9.17) is 4.74 Å². The lowest BCUT2D eigenvalue weighted by atomic mass is 10.2. The Morgan fingerprint density at radius 2 is 2.19 bits per heavy atom. The minimum atomic E-state index is -0.518. The fraction of sp³-hybridized carbons (Fsp3) is 0.429. The number of anilines is 2. The van der Waals surface area contributed by atoms with Crippen molar-refractivity contribution < 1.29 is 13.9 Å². The molecule has 162 valence electrons. The number of hydrogen-bond donors (Lipinski definition) is 2. The quantitative estimate of drug-likeness (QED) is 0.647. The summed E-state index contributed by atoms with van der Waals surface area (Å²) in [6.45, 7) is 6.48. The zero-order chi connectivity index (χ0) is 21.6. The Balaban J connectivity index is 1.40. The predicted molar refractivity (Wildman–Crippen MR) is 113 cm³/mol. The van der Waals surface area contributed by atoms with Crippen LogP contribution in [0.15, 0.2) is 24.7 Å². The molecule has 1 saturated carbocycles. The van der Waals surface area contributed by atoms with Gasteiger partial charge in [-0.15, -0.1) is 0 Å². The van der Waals surface area contributed by atoms with Crippen molar-refractivity contribution in [3.05, 3.63) is 41.7 Å². The smallest absolute Gasteiger partial charge is 0.262 e. The molecule has 2 fully saturated rings. The molecule has 1 saturated heterocycles. The first-order valence-corrected chi connectivity index (χ1v) is 10.4. The maximum atomic E-state index is 14.3. The molecule has 0 radical (unpaired) electrons. The maximum Gasteiger partial charge on any atom is 0.262 e. The van der Waals surface area contributed by atoms with E-state index in [0.29, 0.717) is 23.9 Å². The van der Waals surface area contributed by atoms with Gasteiger partial charge in [0.1, 0.15) is 5.56 Å². The lowest BCUT2D eigenvalue weighted by Gasteiger charge is -2.34. The standard InChI is InChI=1S/C21H24FN7O2/c1-3-31-19-15(9-23-20(27-19)28-7-6-24-21(12-28)4-5-21)18(30)26-14-8-16(22)17-25-13(2)10-29(17)11-14/h8-11,24H,3-7,12H2,1-2H3,(H,26,30). The Morgan fingerprint density at radius 1 is 1.35 bits per heavy atom. The van der Waals surface area contributed by atoms with Crippen molar-refractivity contribution in [2.24, 2.45) is 0 Å². The van der Waals surface area contributed by atoms with E-state index >= 15 is 0 Å². The first kappa shape index (κ1) is 19.7. The number of amides is 1. The molecule has 31 heavy (non-hydrogen) atoms. The normalized spacial score (nSPS) is 17.2. The van der Waals surface area contributed by atoms with E-state index < -0.39 is 11.7 Å². The fourth-order valence-electron chi connectivity index (χ4n) is 3.97. The van der Waals surface area contributed by atoms with Crippen molar-refractivity contribution in [1.29, 1.82) is 0 Å². The van der Waals surface area contributed by atoms with Crippen LogP contribution in [0, 0.1) is 12.7 Å². The zero-order valence-electron chi connectivity index (χ0n) is 17.5. The highest BCUT2D eigenvalue weighted by Gasteiger charge is 2.46. The van der Waals surface area contributed by atoms with E-state index in [1.54, 1.807) is 23.7 Å². The molecule has 10 heteroatoms. The molecule has 0 unspecified atom stereocenters. The number of nitrogens with zero attached hydrogens (tertiary/aromatic N) is 5. The minimum Gasteiger partial charge on any atom is -0.477 e. The Bertz CT molecular complexity index is 1160. The van der Waals surface area contributed by atoms with E-state index in [2.05, 4.69) is 30.5 Å². The van der Waals surface area contributed by atoms with Crippen LogP contribution in [0.2, 0.25) is 0 Å². The Hall–Kier alpha value is -3.27. The zero-order valence-corrected chi connectivity index (χ0v) is 17.5. The predicted octanol–water partition coefficient (Wildman–Crippen LogP) is 2.17. The van der Waals surface area contributed by atoms with E-state index in [1.165, 1.54) is 12.3 Å². The first-order chi connectivity index (χ1) is 15.0. The van der Waals surface area contributed by atoms with Crippen molar-refractivity contribution in [3.63, 3.8) is 0 Å². The highest BCUT2D eigenvalue weighted by molar-refractivity contribution is 6.05. The van der Waals surface area contributed by atoms with Crippen molar-refractivity contribution in [2.75, 3.05) is 36.5 Å². The average molecular weight is 425 g/mol. The number of ether oxygens (including phenoxy) is 1. The fourth-order valence-corrected chi connectivity index (χ4v) is 3.97. The first-order valence-electron chi connectivity index (χ1n) is 10.4. The van der Waals surface area contributed by atoms with E-state index in [1.807, 2.05) is 6.92 Å². The molecular weight excluding hydrogens is 401 g/mol.